The van der Waals surface area contributed by atoms with Crippen LogP contribution in [-0.2, 0) is 5.88 Å². The van der Waals surface area contributed by atoms with Crippen LogP contribution in [-0.4, -0.2) is 4.98 Å². The van der Waals surface area contributed by atoms with Gasteiger partial charge in [0.15, 0.2) is 0 Å². The minimum absolute atomic E-state index is 0.462. The Morgan fingerprint density at radius 1 is 0.739 bits per heavy atom. The molecule has 0 N–H and O–H groups in total. The summed E-state index contributed by atoms with van der Waals surface area (Å²) < 4.78 is 0. The highest BCUT2D eigenvalue weighted by Gasteiger charge is 2.02. The van der Waals surface area contributed by atoms with Crippen LogP contribution in [0.4, 0.5) is 0 Å². The minimum Gasteiger partial charge on any atom is -0.256 e. The van der Waals surface area contributed by atoms with E-state index in [0.717, 1.165) is 26.9 Å². The first kappa shape index (κ1) is 15.8. The third-order valence-corrected chi connectivity index (χ3v) is 4.33. The lowest BCUT2D eigenvalue weighted by Crippen LogP contribution is -1.81. The van der Waals surface area contributed by atoms with Gasteiger partial charge in [-0.05, 0) is 23.1 Å². The van der Waals surface area contributed by atoms with E-state index in [1.54, 1.807) is 0 Å². The molecule has 0 saturated heterocycles. The molecule has 0 amide bonds. The minimum atomic E-state index is 0.462. The van der Waals surface area contributed by atoms with Gasteiger partial charge in [0, 0.05) is 22.8 Å². The second kappa shape index (κ2) is 7.45. The SMILES string of the molecule is ClCc1ccc2ccccc2c1Cl.c1ccc2ncccc2c1. The van der Waals surface area contributed by atoms with E-state index in [9.17, 15) is 0 Å². The fourth-order valence-corrected chi connectivity index (χ4v) is 2.99. The summed E-state index contributed by atoms with van der Waals surface area (Å²) in [5.74, 6) is 0.462. The Balaban J connectivity index is 0.000000140. The second-order valence-corrected chi connectivity index (χ2v) is 5.73. The van der Waals surface area contributed by atoms with Crippen LogP contribution in [0.2, 0.25) is 5.02 Å². The van der Waals surface area contributed by atoms with Crippen molar-refractivity contribution in [2.75, 3.05) is 0 Å². The predicted octanol–water partition coefficient (Wildman–Crippen LogP) is 6.47. The quantitative estimate of drug-likeness (QED) is 0.362. The number of nitrogens with zero attached hydrogens (tertiary/aromatic N) is 1. The summed E-state index contributed by atoms with van der Waals surface area (Å²) in [4.78, 5) is 4.18. The maximum atomic E-state index is 6.16. The molecule has 0 fully saturated rings. The van der Waals surface area contributed by atoms with Gasteiger partial charge in [0.05, 0.1) is 10.5 Å². The number of fused-ring (bicyclic) bond motifs is 2. The molecule has 4 aromatic rings. The Labute approximate surface area is 145 Å². The molecule has 0 bridgehead atoms. The highest BCUT2D eigenvalue weighted by molar-refractivity contribution is 6.37. The molecule has 3 aromatic carbocycles. The molecular formula is C20H15Cl2N. The van der Waals surface area contributed by atoms with Crippen molar-refractivity contribution in [1.29, 1.82) is 0 Å². The van der Waals surface area contributed by atoms with Crippen LogP contribution in [0.3, 0.4) is 0 Å². The smallest absolute Gasteiger partial charge is 0.0701 e. The molecule has 0 saturated carbocycles. The standard InChI is InChI=1S/C11H8Cl2.C9H7N/c12-7-9-6-5-8-3-1-2-4-10(8)11(9)13;1-2-6-9-8(4-1)5-3-7-10-9/h1-6H,7H2;1-7H. The lowest BCUT2D eigenvalue weighted by molar-refractivity contribution is 1.41. The zero-order chi connectivity index (χ0) is 16.1. The Morgan fingerprint density at radius 2 is 1.43 bits per heavy atom. The van der Waals surface area contributed by atoms with E-state index in [2.05, 4.69) is 17.1 Å². The topological polar surface area (TPSA) is 12.9 Å². The van der Waals surface area contributed by atoms with Crippen LogP contribution in [0, 0.1) is 0 Å². The van der Waals surface area contributed by atoms with Gasteiger partial charge in [-0.2, -0.15) is 0 Å². The largest absolute Gasteiger partial charge is 0.256 e. The number of hydrogen-bond donors (Lipinski definition) is 0. The van der Waals surface area contributed by atoms with E-state index < -0.39 is 0 Å². The van der Waals surface area contributed by atoms with Crippen LogP contribution in [0.15, 0.2) is 79.0 Å². The molecule has 114 valence electrons. The van der Waals surface area contributed by atoms with Crippen molar-refractivity contribution in [3.8, 4) is 0 Å². The Kier molecular flexibility index (Phi) is 5.12. The third kappa shape index (κ3) is 3.64. The number of halogens is 2. The zero-order valence-electron chi connectivity index (χ0n) is 12.4. The number of para-hydroxylation sites is 1. The summed E-state index contributed by atoms with van der Waals surface area (Å²) in [5.41, 5.74) is 2.05. The summed E-state index contributed by atoms with van der Waals surface area (Å²) in [5, 5.41) is 4.20. The number of benzene rings is 3. The van der Waals surface area contributed by atoms with E-state index in [4.69, 9.17) is 23.2 Å². The third-order valence-electron chi connectivity index (χ3n) is 3.60. The molecular weight excluding hydrogens is 325 g/mol. The van der Waals surface area contributed by atoms with E-state index in [1.165, 1.54) is 5.39 Å². The fourth-order valence-electron chi connectivity index (χ4n) is 2.40. The Morgan fingerprint density at radius 3 is 2.22 bits per heavy atom. The molecule has 0 aliphatic carbocycles. The van der Waals surface area contributed by atoms with Crippen LogP contribution < -0.4 is 0 Å². The summed E-state index contributed by atoms with van der Waals surface area (Å²) in [6.07, 6.45) is 1.81. The highest BCUT2D eigenvalue weighted by atomic mass is 35.5. The average molecular weight is 340 g/mol. The molecule has 0 radical (unpaired) electrons. The van der Waals surface area contributed by atoms with Crippen molar-refractivity contribution in [2.24, 2.45) is 0 Å². The van der Waals surface area contributed by atoms with Gasteiger partial charge in [-0.1, -0.05) is 72.3 Å². The van der Waals surface area contributed by atoms with Crippen molar-refractivity contribution in [3.05, 3.63) is 89.6 Å². The van der Waals surface area contributed by atoms with Gasteiger partial charge in [-0.25, -0.2) is 0 Å². The lowest BCUT2D eigenvalue weighted by Gasteiger charge is -2.03. The van der Waals surface area contributed by atoms with Crippen molar-refractivity contribution in [2.45, 2.75) is 5.88 Å². The maximum absolute atomic E-state index is 6.16. The van der Waals surface area contributed by atoms with Gasteiger partial charge in [-0.3, -0.25) is 4.98 Å². The summed E-state index contributed by atoms with van der Waals surface area (Å²) in [6, 6.07) is 24.1. The summed E-state index contributed by atoms with van der Waals surface area (Å²) in [6.45, 7) is 0. The van der Waals surface area contributed by atoms with Crippen molar-refractivity contribution < 1.29 is 0 Å². The van der Waals surface area contributed by atoms with E-state index in [-0.39, 0.29) is 0 Å². The van der Waals surface area contributed by atoms with Crippen LogP contribution in [0.25, 0.3) is 21.7 Å². The average Bonchev–Trinajstić information content (AvgIpc) is 2.63. The van der Waals surface area contributed by atoms with Crippen LogP contribution in [0.5, 0.6) is 0 Å². The molecule has 0 unspecified atom stereocenters. The first-order valence-corrected chi connectivity index (χ1v) is 8.22. The Bertz CT molecular complexity index is 869. The lowest BCUT2D eigenvalue weighted by atomic mass is 10.1. The van der Waals surface area contributed by atoms with Crippen molar-refractivity contribution >= 4 is 44.9 Å². The van der Waals surface area contributed by atoms with E-state index in [1.807, 2.05) is 66.9 Å². The zero-order valence-corrected chi connectivity index (χ0v) is 13.9. The number of aromatic nitrogens is 1. The second-order valence-electron chi connectivity index (χ2n) is 5.09. The molecule has 0 atom stereocenters. The maximum Gasteiger partial charge on any atom is 0.0701 e. The van der Waals surface area contributed by atoms with Gasteiger partial charge in [-0.15, -0.1) is 11.6 Å². The molecule has 0 spiro atoms. The molecule has 4 rings (SSSR count). The molecule has 1 aromatic heterocycles. The monoisotopic (exact) mass is 339 g/mol. The van der Waals surface area contributed by atoms with Gasteiger partial charge in [0.1, 0.15) is 0 Å². The number of rotatable bonds is 1. The van der Waals surface area contributed by atoms with Crippen molar-refractivity contribution in [3.63, 3.8) is 0 Å². The summed E-state index contributed by atoms with van der Waals surface area (Å²) in [7, 11) is 0. The molecule has 0 aliphatic heterocycles. The molecule has 1 heterocycles. The van der Waals surface area contributed by atoms with Gasteiger partial charge in [0.2, 0.25) is 0 Å². The molecule has 3 heteroatoms. The van der Waals surface area contributed by atoms with Gasteiger partial charge < -0.3 is 0 Å². The fraction of sp³-hybridized carbons (Fsp3) is 0.0500. The predicted molar refractivity (Wildman–Crippen MR) is 100 cm³/mol. The normalized spacial score (nSPS) is 10.3. The highest BCUT2D eigenvalue weighted by Crippen LogP contribution is 2.27. The number of pyridine rings is 1. The van der Waals surface area contributed by atoms with Crippen LogP contribution >= 0.6 is 23.2 Å². The van der Waals surface area contributed by atoms with E-state index in [0.29, 0.717) is 5.88 Å². The first-order valence-electron chi connectivity index (χ1n) is 7.31. The Hall–Kier alpha value is -2.09. The van der Waals surface area contributed by atoms with Crippen molar-refractivity contribution in [1.82, 2.24) is 4.98 Å². The number of alkyl halides is 1. The molecule has 0 aliphatic rings. The molecule has 1 nitrogen and oxygen atoms in total. The van der Waals surface area contributed by atoms with E-state index >= 15 is 0 Å². The number of hydrogen-bond acceptors (Lipinski definition) is 1. The van der Waals surface area contributed by atoms with Gasteiger partial charge in [0.25, 0.3) is 0 Å². The first-order chi connectivity index (χ1) is 11.3. The molecule has 23 heavy (non-hydrogen) atoms. The van der Waals surface area contributed by atoms with Gasteiger partial charge >= 0.3 is 0 Å². The van der Waals surface area contributed by atoms with Crippen LogP contribution in [0.1, 0.15) is 5.56 Å². The summed E-state index contributed by atoms with van der Waals surface area (Å²) >= 11 is 11.9.